The number of halogens is 1. The van der Waals surface area contributed by atoms with Crippen LogP contribution in [-0.4, -0.2) is 27.5 Å². The minimum atomic E-state index is -1.34. The molecule has 2 rings (SSSR count). The highest BCUT2D eigenvalue weighted by Gasteiger charge is 2.29. The van der Waals surface area contributed by atoms with E-state index in [-0.39, 0.29) is 5.69 Å². The Labute approximate surface area is 114 Å². The lowest BCUT2D eigenvalue weighted by molar-refractivity contribution is -0.143. The summed E-state index contributed by atoms with van der Waals surface area (Å²) in [5, 5.41) is 12.7. The third-order valence-corrected chi connectivity index (χ3v) is 3.13. The van der Waals surface area contributed by atoms with Crippen molar-refractivity contribution in [1.82, 2.24) is 10.3 Å². The molecule has 0 saturated carbocycles. The number of aromatic nitrogens is 1. The van der Waals surface area contributed by atoms with Crippen LogP contribution in [0.15, 0.2) is 24.3 Å². The Bertz CT molecular complexity index is 661. The number of para-hydroxylation sites is 1. The second-order valence-electron chi connectivity index (χ2n) is 4.77. The molecule has 100 valence electrons. The van der Waals surface area contributed by atoms with Gasteiger partial charge in [-0.25, -0.2) is 4.79 Å². The molecule has 0 radical (unpaired) electrons. The molecule has 0 bridgehead atoms. The first-order valence-electron chi connectivity index (χ1n) is 5.64. The van der Waals surface area contributed by atoms with Crippen molar-refractivity contribution < 1.29 is 14.7 Å². The summed E-state index contributed by atoms with van der Waals surface area (Å²) in [6.07, 6.45) is 0. The first kappa shape index (κ1) is 13.4. The summed E-state index contributed by atoms with van der Waals surface area (Å²) in [5.41, 5.74) is -0.405. The third kappa shape index (κ3) is 2.56. The third-order valence-electron chi connectivity index (χ3n) is 2.81. The van der Waals surface area contributed by atoms with Gasteiger partial charge >= 0.3 is 5.97 Å². The van der Waals surface area contributed by atoms with Gasteiger partial charge in [0.15, 0.2) is 0 Å². The molecule has 0 saturated heterocycles. The fourth-order valence-electron chi connectivity index (χ4n) is 1.65. The smallest absolute Gasteiger partial charge is 0.328 e. The molecule has 0 atom stereocenters. The molecule has 6 heteroatoms. The van der Waals surface area contributed by atoms with Crippen LogP contribution in [0.5, 0.6) is 0 Å². The van der Waals surface area contributed by atoms with Gasteiger partial charge in [0.05, 0.1) is 10.5 Å². The molecule has 0 aliphatic rings. The van der Waals surface area contributed by atoms with Gasteiger partial charge in [-0.1, -0.05) is 23.7 Å². The van der Waals surface area contributed by atoms with Crippen LogP contribution in [0.2, 0.25) is 5.02 Å². The summed E-state index contributed by atoms with van der Waals surface area (Å²) in [4.78, 5) is 25.9. The Kier molecular flexibility index (Phi) is 3.24. The fourth-order valence-corrected chi connectivity index (χ4v) is 1.88. The maximum atomic E-state index is 12.0. The van der Waals surface area contributed by atoms with Gasteiger partial charge in [0.2, 0.25) is 0 Å². The molecular weight excluding hydrogens is 268 g/mol. The van der Waals surface area contributed by atoms with E-state index in [1.165, 1.54) is 13.8 Å². The van der Waals surface area contributed by atoms with Gasteiger partial charge in [-0.15, -0.1) is 0 Å². The van der Waals surface area contributed by atoms with Crippen molar-refractivity contribution in [2.75, 3.05) is 0 Å². The minimum absolute atomic E-state index is 0.275. The SMILES string of the molecule is CC(C)(NC(=O)c1cc2cccc(Cl)c2[nH]1)C(=O)O. The van der Waals surface area contributed by atoms with Crippen LogP contribution in [0.3, 0.4) is 0 Å². The molecule has 3 N–H and O–H groups in total. The molecule has 19 heavy (non-hydrogen) atoms. The van der Waals surface area contributed by atoms with Gasteiger partial charge in [-0.05, 0) is 26.0 Å². The number of hydrogen-bond donors (Lipinski definition) is 3. The molecule has 0 unspecified atom stereocenters. The molecule has 5 nitrogen and oxygen atoms in total. The van der Waals surface area contributed by atoms with E-state index in [0.717, 1.165) is 5.39 Å². The zero-order valence-corrected chi connectivity index (χ0v) is 11.2. The molecular formula is C13H13ClN2O3. The molecule has 1 aromatic carbocycles. The Balaban J connectivity index is 2.32. The van der Waals surface area contributed by atoms with Crippen LogP contribution < -0.4 is 5.32 Å². The second-order valence-corrected chi connectivity index (χ2v) is 5.18. The van der Waals surface area contributed by atoms with Crippen LogP contribution in [0.4, 0.5) is 0 Å². The number of amides is 1. The first-order valence-corrected chi connectivity index (χ1v) is 6.02. The molecule has 0 aliphatic carbocycles. The summed E-state index contributed by atoms with van der Waals surface area (Å²) in [7, 11) is 0. The van der Waals surface area contributed by atoms with Crippen molar-refractivity contribution >= 4 is 34.4 Å². The number of nitrogens with one attached hydrogen (secondary N) is 2. The van der Waals surface area contributed by atoms with Gasteiger partial charge < -0.3 is 15.4 Å². The van der Waals surface area contributed by atoms with Gasteiger partial charge in [-0.3, -0.25) is 4.79 Å². The standard InChI is InChI=1S/C13H13ClN2O3/c1-13(2,12(18)19)16-11(17)9-6-7-4-3-5-8(14)10(7)15-9/h3-6,15H,1-2H3,(H,16,17)(H,18,19). The van der Waals surface area contributed by atoms with E-state index in [9.17, 15) is 9.59 Å². The first-order chi connectivity index (χ1) is 8.81. The average molecular weight is 281 g/mol. The predicted octanol–water partition coefficient (Wildman–Crippen LogP) is 2.41. The van der Waals surface area contributed by atoms with E-state index in [1.54, 1.807) is 18.2 Å². The Hall–Kier alpha value is -2.01. The highest BCUT2D eigenvalue weighted by Crippen LogP contribution is 2.23. The van der Waals surface area contributed by atoms with Crippen molar-refractivity contribution in [3.05, 3.63) is 35.0 Å². The molecule has 1 aromatic heterocycles. The number of rotatable bonds is 3. The molecule has 1 heterocycles. The lowest BCUT2D eigenvalue weighted by Crippen LogP contribution is -2.49. The Morgan fingerprint density at radius 3 is 2.63 bits per heavy atom. The van der Waals surface area contributed by atoms with Crippen LogP contribution in [0.25, 0.3) is 10.9 Å². The monoisotopic (exact) mass is 280 g/mol. The maximum Gasteiger partial charge on any atom is 0.328 e. The number of carboxylic acid groups (broad SMARTS) is 1. The summed E-state index contributed by atoms with van der Waals surface area (Å²) in [6, 6.07) is 6.94. The fraction of sp³-hybridized carbons (Fsp3) is 0.231. The molecule has 0 aliphatic heterocycles. The number of carbonyl (C=O) groups excluding carboxylic acids is 1. The molecule has 0 fully saturated rings. The molecule has 0 spiro atoms. The zero-order chi connectivity index (χ0) is 14.2. The van der Waals surface area contributed by atoms with Gasteiger partial charge in [-0.2, -0.15) is 0 Å². The van der Waals surface area contributed by atoms with Crippen LogP contribution >= 0.6 is 11.6 Å². The van der Waals surface area contributed by atoms with E-state index < -0.39 is 17.4 Å². The number of hydrogen-bond acceptors (Lipinski definition) is 2. The van der Waals surface area contributed by atoms with Gasteiger partial charge in [0, 0.05) is 5.39 Å². The van der Waals surface area contributed by atoms with Crippen LogP contribution in [-0.2, 0) is 4.79 Å². The largest absolute Gasteiger partial charge is 0.480 e. The summed E-state index contributed by atoms with van der Waals surface area (Å²) in [6.45, 7) is 2.84. The van der Waals surface area contributed by atoms with Crippen LogP contribution in [0.1, 0.15) is 24.3 Å². The van der Waals surface area contributed by atoms with Gasteiger partial charge in [0.25, 0.3) is 5.91 Å². The maximum absolute atomic E-state index is 12.0. The van der Waals surface area contributed by atoms with Gasteiger partial charge in [0.1, 0.15) is 11.2 Å². The lowest BCUT2D eigenvalue weighted by Gasteiger charge is -2.20. The van der Waals surface area contributed by atoms with E-state index in [2.05, 4.69) is 10.3 Å². The average Bonchev–Trinajstić information content (AvgIpc) is 2.73. The predicted molar refractivity (Wildman–Crippen MR) is 72.5 cm³/mol. The number of benzene rings is 1. The van der Waals surface area contributed by atoms with Crippen molar-refractivity contribution in [3.8, 4) is 0 Å². The van der Waals surface area contributed by atoms with Crippen molar-refractivity contribution in [3.63, 3.8) is 0 Å². The van der Waals surface area contributed by atoms with E-state index in [4.69, 9.17) is 16.7 Å². The van der Waals surface area contributed by atoms with Crippen molar-refractivity contribution in [2.45, 2.75) is 19.4 Å². The van der Waals surface area contributed by atoms with Crippen LogP contribution in [0, 0.1) is 0 Å². The summed E-state index contributed by atoms with van der Waals surface area (Å²) >= 11 is 6.00. The Morgan fingerprint density at radius 2 is 2.05 bits per heavy atom. The minimum Gasteiger partial charge on any atom is -0.480 e. The number of carbonyl (C=O) groups is 2. The normalized spacial score (nSPS) is 11.5. The number of aromatic amines is 1. The summed E-state index contributed by atoms with van der Waals surface area (Å²) < 4.78 is 0. The van der Waals surface area contributed by atoms with E-state index >= 15 is 0 Å². The quantitative estimate of drug-likeness (QED) is 0.807. The van der Waals surface area contributed by atoms with Crippen molar-refractivity contribution in [1.29, 1.82) is 0 Å². The topological polar surface area (TPSA) is 82.2 Å². The lowest BCUT2D eigenvalue weighted by atomic mass is 10.1. The Morgan fingerprint density at radius 1 is 1.37 bits per heavy atom. The summed E-state index contributed by atoms with van der Waals surface area (Å²) in [5.74, 6) is -1.59. The zero-order valence-electron chi connectivity index (χ0n) is 10.5. The highest BCUT2D eigenvalue weighted by molar-refractivity contribution is 6.35. The van der Waals surface area contributed by atoms with Crippen molar-refractivity contribution in [2.24, 2.45) is 0 Å². The number of carboxylic acids is 1. The number of H-pyrrole nitrogens is 1. The van der Waals surface area contributed by atoms with E-state index in [0.29, 0.717) is 10.5 Å². The number of fused-ring (bicyclic) bond motifs is 1. The van der Waals surface area contributed by atoms with E-state index in [1.807, 2.05) is 6.07 Å². The second kappa shape index (κ2) is 4.59. The highest BCUT2D eigenvalue weighted by atomic mass is 35.5. The molecule has 1 amide bonds. The number of aliphatic carboxylic acids is 1. The molecule has 2 aromatic rings.